The normalized spacial score (nSPS) is 12.6. The Morgan fingerprint density at radius 3 is 1.79 bits per heavy atom. The van der Waals surface area contributed by atoms with E-state index in [1.54, 1.807) is 6.92 Å². The second kappa shape index (κ2) is 6.14. The van der Waals surface area contributed by atoms with Crippen molar-refractivity contribution >= 4 is 0 Å². The van der Waals surface area contributed by atoms with Gasteiger partial charge in [-0.15, -0.1) is 0 Å². The van der Waals surface area contributed by atoms with Crippen LogP contribution >= 0.6 is 0 Å². The molecular weight excluding hydrogens is 265 g/mol. The molecule has 1 atom stereocenters. The van der Waals surface area contributed by atoms with Crippen LogP contribution in [0.2, 0.25) is 0 Å². The number of hydrogen-bond acceptors (Lipinski definition) is 1. The van der Waals surface area contributed by atoms with Crippen LogP contribution in [0.15, 0.2) is 12.2 Å². The molecule has 0 aliphatic heterocycles. The third-order valence-corrected chi connectivity index (χ3v) is 2.93. The molecule has 19 heavy (non-hydrogen) atoms. The van der Waals surface area contributed by atoms with Gasteiger partial charge >= 0.3 is 0 Å². The van der Waals surface area contributed by atoms with E-state index in [-0.39, 0.29) is 6.42 Å². The maximum Gasteiger partial charge on any atom is 0.200 e. The summed E-state index contributed by atoms with van der Waals surface area (Å²) in [4.78, 5) is 0. The molecule has 1 unspecified atom stereocenters. The van der Waals surface area contributed by atoms with Crippen molar-refractivity contribution in [1.82, 2.24) is 5.32 Å². The number of hydrogen-bond donors (Lipinski definition) is 1. The molecule has 0 saturated carbocycles. The molecule has 0 aliphatic carbocycles. The maximum atomic E-state index is 13.6. The van der Waals surface area contributed by atoms with E-state index < -0.39 is 40.7 Å². The highest BCUT2D eigenvalue weighted by Gasteiger charge is 2.29. The number of nitrogens with one attached hydrogen (secondary N) is 1. The monoisotopic (exact) mass is 279 g/mol. The van der Waals surface area contributed by atoms with Gasteiger partial charge in [0.15, 0.2) is 23.3 Å². The Balaban J connectivity index is 3.35. The van der Waals surface area contributed by atoms with Crippen molar-refractivity contribution in [2.24, 2.45) is 0 Å². The van der Waals surface area contributed by atoms with Crippen molar-refractivity contribution in [3.8, 4) is 0 Å². The van der Waals surface area contributed by atoms with Gasteiger partial charge in [-0.25, -0.2) is 22.0 Å². The quantitative estimate of drug-likeness (QED) is 0.372. The first kappa shape index (κ1) is 15.6. The molecule has 1 aromatic carbocycles. The summed E-state index contributed by atoms with van der Waals surface area (Å²) in [6.45, 7) is 5.45. The molecule has 1 N–H and O–H groups in total. The SMILES string of the molecule is C=C(CC)CC(NC)c1c(F)c(F)c(F)c(F)c1F. The van der Waals surface area contributed by atoms with Crippen molar-refractivity contribution in [2.75, 3.05) is 7.05 Å². The van der Waals surface area contributed by atoms with Gasteiger partial charge in [0, 0.05) is 11.6 Å². The van der Waals surface area contributed by atoms with E-state index in [0.717, 1.165) is 0 Å². The number of benzene rings is 1. The second-order valence-electron chi connectivity index (χ2n) is 4.13. The molecule has 0 spiro atoms. The Hall–Kier alpha value is -1.43. The van der Waals surface area contributed by atoms with E-state index in [9.17, 15) is 22.0 Å². The smallest absolute Gasteiger partial charge is 0.200 e. The molecule has 0 bridgehead atoms. The lowest BCUT2D eigenvalue weighted by molar-refractivity contribution is 0.358. The molecule has 1 aromatic rings. The van der Waals surface area contributed by atoms with Crippen LogP contribution in [0.4, 0.5) is 22.0 Å². The Labute approximate surface area is 108 Å². The van der Waals surface area contributed by atoms with E-state index in [1.807, 2.05) is 0 Å². The van der Waals surface area contributed by atoms with Crippen LogP contribution in [-0.4, -0.2) is 7.05 Å². The largest absolute Gasteiger partial charge is 0.313 e. The van der Waals surface area contributed by atoms with Gasteiger partial charge in [-0.05, 0) is 19.9 Å². The van der Waals surface area contributed by atoms with E-state index in [4.69, 9.17) is 0 Å². The zero-order valence-electron chi connectivity index (χ0n) is 10.6. The Kier molecular flexibility index (Phi) is 5.05. The highest BCUT2D eigenvalue weighted by molar-refractivity contribution is 5.28. The Morgan fingerprint density at radius 1 is 1.00 bits per heavy atom. The van der Waals surface area contributed by atoms with Crippen LogP contribution in [-0.2, 0) is 0 Å². The lowest BCUT2D eigenvalue weighted by atomic mass is 9.97. The van der Waals surface area contributed by atoms with Gasteiger partial charge in [-0.2, -0.15) is 0 Å². The third-order valence-electron chi connectivity index (χ3n) is 2.93. The fraction of sp³-hybridized carbons (Fsp3) is 0.385. The summed E-state index contributed by atoms with van der Waals surface area (Å²) < 4.78 is 66.3. The molecule has 0 radical (unpaired) electrons. The molecule has 0 aliphatic rings. The molecular formula is C13H14F5N. The van der Waals surface area contributed by atoms with Crippen LogP contribution in [0.25, 0.3) is 0 Å². The van der Waals surface area contributed by atoms with Gasteiger partial charge in [0.05, 0.1) is 0 Å². The average molecular weight is 279 g/mol. The van der Waals surface area contributed by atoms with Crippen LogP contribution in [0.1, 0.15) is 31.4 Å². The zero-order chi connectivity index (χ0) is 14.7. The van der Waals surface area contributed by atoms with Gasteiger partial charge in [0.2, 0.25) is 5.82 Å². The van der Waals surface area contributed by atoms with Crippen LogP contribution in [0, 0.1) is 29.1 Å². The van der Waals surface area contributed by atoms with Crippen LogP contribution in [0.3, 0.4) is 0 Å². The molecule has 0 saturated heterocycles. The zero-order valence-corrected chi connectivity index (χ0v) is 10.6. The summed E-state index contributed by atoms with van der Waals surface area (Å²) in [5.74, 6) is -9.63. The average Bonchev–Trinajstić information content (AvgIpc) is 2.41. The molecule has 0 aromatic heterocycles. The van der Waals surface area contributed by atoms with Gasteiger partial charge in [0.1, 0.15) is 0 Å². The number of halogens is 5. The van der Waals surface area contributed by atoms with Crippen molar-refractivity contribution in [3.05, 3.63) is 46.8 Å². The molecule has 1 rings (SSSR count). The van der Waals surface area contributed by atoms with Gasteiger partial charge in [-0.3, -0.25) is 0 Å². The van der Waals surface area contributed by atoms with Gasteiger partial charge in [0.25, 0.3) is 0 Å². The highest BCUT2D eigenvalue weighted by Crippen LogP contribution is 2.30. The van der Waals surface area contributed by atoms with Crippen LogP contribution < -0.4 is 5.32 Å². The van der Waals surface area contributed by atoms with E-state index in [0.29, 0.717) is 12.0 Å². The first-order chi connectivity index (χ1) is 8.84. The fourth-order valence-corrected chi connectivity index (χ4v) is 1.71. The van der Waals surface area contributed by atoms with Gasteiger partial charge in [-0.1, -0.05) is 19.1 Å². The van der Waals surface area contributed by atoms with Gasteiger partial charge < -0.3 is 5.32 Å². The lowest BCUT2D eigenvalue weighted by Crippen LogP contribution is -2.22. The fourth-order valence-electron chi connectivity index (χ4n) is 1.71. The molecule has 0 amide bonds. The minimum absolute atomic E-state index is 0.0886. The minimum atomic E-state index is -2.15. The predicted molar refractivity (Wildman–Crippen MR) is 62.1 cm³/mol. The molecule has 6 heteroatoms. The summed E-state index contributed by atoms with van der Waals surface area (Å²) in [5.41, 5.74) is -0.211. The topological polar surface area (TPSA) is 12.0 Å². The predicted octanol–water partition coefficient (Wildman–Crippen LogP) is 4.00. The molecule has 0 heterocycles. The Morgan fingerprint density at radius 2 is 1.42 bits per heavy atom. The first-order valence-corrected chi connectivity index (χ1v) is 5.70. The molecule has 106 valence electrons. The van der Waals surface area contributed by atoms with E-state index >= 15 is 0 Å². The van der Waals surface area contributed by atoms with E-state index in [1.165, 1.54) is 7.05 Å². The second-order valence-corrected chi connectivity index (χ2v) is 4.13. The van der Waals surface area contributed by atoms with Crippen molar-refractivity contribution in [3.63, 3.8) is 0 Å². The summed E-state index contributed by atoms with van der Waals surface area (Å²) in [5, 5.41) is 2.54. The minimum Gasteiger partial charge on any atom is -0.313 e. The summed E-state index contributed by atoms with van der Waals surface area (Å²) in [6.07, 6.45) is 0.638. The summed E-state index contributed by atoms with van der Waals surface area (Å²) >= 11 is 0. The maximum absolute atomic E-state index is 13.6. The van der Waals surface area contributed by atoms with Crippen molar-refractivity contribution < 1.29 is 22.0 Å². The van der Waals surface area contributed by atoms with E-state index in [2.05, 4.69) is 11.9 Å². The van der Waals surface area contributed by atoms with Crippen molar-refractivity contribution in [2.45, 2.75) is 25.8 Å². The molecule has 0 fully saturated rings. The summed E-state index contributed by atoms with van der Waals surface area (Å²) in [6, 6.07) is -1.02. The third kappa shape index (κ3) is 2.94. The van der Waals surface area contributed by atoms with Crippen molar-refractivity contribution in [1.29, 1.82) is 0 Å². The van der Waals surface area contributed by atoms with Crippen LogP contribution in [0.5, 0.6) is 0 Å². The highest BCUT2D eigenvalue weighted by atomic mass is 19.2. The first-order valence-electron chi connectivity index (χ1n) is 5.70. The Bertz CT molecular complexity index is 469. The number of rotatable bonds is 5. The summed E-state index contributed by atoms with van der Waals surface area (Å²) in [7, 11) is 1.38. The lowest BCUT2D eigenvalue weighted by Gasteiger charge is -2.19. The standard InChI is InChI=1S/C13H14F5N/c1-4-6(2)5-7(19-3)8-9(14)11(16)13(18)12(17)10(8)15/h7,19H,2,4-5H2,1,3H3. The molecule has 1 nitrogen and oxygen atoms in total.